The van der Waals surface area contributed by atoms with Gasteiger partial charge in [-0.15, -0.1) is 0 Å². The van der Waals surface area contributed by atoms with Crippen molar-refractivity contribution in [2.45, 2.75) is 103 Å². The molecule has 3 unspecified atom stereocenters. The summed E-state index contributed by atoms with van der Waals surface area (Å²) in [5.74, 6) is 1.73. The lowest BCUT2D eigenvalue weighted by Gasteiger charge is -2.29. The standard InChI is InChI=1S/C35H46/c1-7-9-18-26-28-20-14-16-24-32(28)34(3,4)30(26)22-12-11-13-23-31-27(19-10-8-2)29-21-15-17-25-33(29)35(31,5)6/h11-17,20-27,30H,7-10,18-19H2,1-6H3/b13-11+,22-12+,31-23-. The first-order chi connectivity index (χ1) is 16.8. The quantitative estimate of drug-likeness (QED) is 0.322. The first kappa shape index (κ1) is 25.7. The molecular weight excluding hydrogens is 420 g/mol. The molecule has 0 heteroatoms. The van der Waals surface area contributed by atoms with Crippen LogP contribution in [0.25, 0.3) is 0 Å². The summed E-state index contributed by atoms with van der Waals surface area (Å²) in [6.45, 7) is 14.3. The summed E-state index contributed by atoms with van der Waals surface area (Å²) in [6.07, 6.45) is 19.5. The van der Waals surface area contributed by atoms with Gasteiger partial charge in [0.1, 0.15) is 0 Å². The number of unbranched alkanes of at least 4 members (excludes halogenated alkanes) is 2. The molecule has 3 atom stereocenters. The minimum atomic E-state index is 0.101. The zero-order valence-corrected chi connectivity index (χ0v) is 23.0. The van der Waals surface area contributed by atoms with Gasteiger partial charge >= 0.3 is 0 Å². The van der Waals surface area contributed by atoms with Crippen LogP contribution in [0.2, 0.25) is 0 Å². The Kier molecular flexibility index (Phi) is 7.89. The topological polar surface area (TPSA) is 0 Å². The van der Waals surface area contributed by atoms with Crippen molar-refractivity contribution in [2.75, 3.05) is 0 Å². The van der Waals surface area contributed by atoms with E-state index < -0.39 is 0 Å². The van der Waals surface area contributed by atoms with Crippen LogP contribution in [0.1, 0.15) is 114 Å². The Morgan fingerprint density at radius 3 is 2.06 bits per heavy atom. The third-order valence-electron chi connectivity index (χ3n) is 8.96. The molecule has 4 rings (SSSR count). The van der Waals surface area contributed by atoms with E-state index in [0.29, 0.717) is 17.8 Å². The number of allylic oxidation sites excluding steroid dienone is 6. The maximum Gasteiger partial charge on any atom is 0.0117 e. The average molecular weight is 467 g/mol. The first-order valence-electron chi connectivity index (χ1n) is 14.1. The van der Waals surface area contributed by atoms with E-state index in [9.17, 15) is 0 Å². The van der Waals surface area contributed by atoms with Crippen molar-refractivity contribution in [3.63, 3.8) is 0 Å². The van der Waals surface area contributed by atoms with Crippen molar-refractivity contribution in [2.24, 2.45) is 5.92 Å². The summed E-state index contributed by atoms with van der Waals surface area (Å²) in [6, 6.07) is 18.3. The van der Waals surface area contributed by atoms with E-state index in [1.165, 1.54) is 44.1 Å². The monoisotopic (exact) mass is 466 g/mol. The SMILES string of the molecule is CCCCC1/C(=C/C=C/C=C/C2C(CCCC)c3ccccc3C2(C)C)C(C)(C)c2ccccc21. The highest BCUT2D eigenvalue weighted by Crippen LogP contribution is 2.53. The average Bonchev–Trinajstić information content (AvgIpc) is 3.20. The van der Waals surface area contributed by atoms with Gasteiger partial charge in [-0.25, -0.2) is 0 Å². The Morgan fingerprint density at radius 1 is 0.714 bits per heavy atom. The van der Waals surface area contributed by atoms with Crippen LogP contribution in [-0.4, -0.2) is 0 Å². The Hall–Kier alpha value is -2.34. The van der Waals surface area contributed by atoms with E-state index in [-0.39, 0.29) is 10.8 Å². The molecule has 0 radical (unpaired) electrons. The molecule has 0 aromatic heterocycles. The molecule has 35 heavy (non-hydrogen) atoms. The molecule has 0 bridgehead atoms. The molecule has 2 aromatic rings. The van der Waals surface area contributed by atoms with Gasteiger partial charge in [0.25, 0.3) is 0 Å². The highest BCUT2D eigenvalue weighted by atomic mass is 14.5. The van der Waals surface area contributed by atoms with Crippen LogP contribution in [0.5, 0.6) is 0 Å². The fourth-order valence-corrected chi connectivity index (χ4v) is 7.00. The summed E-state index contributed by atoms with van der Waals surface area (Å²) in [4.78, 5) is 0. The fourth-order valence-electron chi connectivity index (χ4n) is 7.00. The maximum atomic E-state index is 2.50. The van der Waals surface area contributed by atoms with Crippen LogP contribution in [-0.2, 0) is 10.8 Å². The third kappa shape index (κ3) is 4.87. The molecule has 0 N–H and O–H groups in total. The van der Waals surface area contributed by atoms with E-state index in [4.69, 9.17) is 0 Å². The lowest BCUT2D eigenvalue weighted by Crippen LogP contribution is -2.24. The molecule has 0 nitrogen and oxygen atoms in total. The van der Waals surface area contributed by atoms with E-state index in [1.807, 2.05) is 0 Å². The second-order valence-corrected chi connectivity index (χ2v) is 11.9. The normalized spacial score (nSPS) is 25.5. The molecule has 0 saturated heterocycles. The molecular formula is C35H46. The second kappa shape index (κ2) is 10.7. The smallest absolute Gasteiger partial charge is 0.0117 e. The van der Waals surface area contributed by atoms with Crippen molar-refractivity contribution in [3.8, 4) is 0 Å². The zero-order chi connectivity index (χ0) is 25.1. The number of hydrogen-bond donors (Lipinski definition) is 0. The van der Waals surface area contributed by atoms with E-state index in [1.54, 1.807) is 22.3 Å². The van der Waals surface area contributed by atoms with Crippen molar-refractivity contribution in [1.82, 2.24) is 0 Å². The number of hydrogen-bond acceptors (Lipinski definition) is 0. The largest absolute Gasteiger partial charge is 0.0799 e. The van der Waals surface area contributed by atoms with Crippen molar-refractivity contribution in [1.29, 1.82) is 0 Å². The van der Waals surface area contributed by atoms with Gasteiger partial charge in [-0.1, -0.05) is 152 Å². The van der Waals surface area contributed by atoms with Crippen LogP contribution < -0.4 is 0 Å². The molecule has 2 aromatic carbocycles. The molecule has 0 amide bonds. The van der Waals surface area contributed by atoms with Gasteiger partial charge in [0, 0.05) is 11.3 Å². The van der Waals surface area contributed by atoms with Gasteiger partial charge in [0.05, 0.1) is 0 Å². The first-order valence-corrected chi connectivity index (χ1v) is 14.1. The van der Waals surface area contributed by atoms with Crippen LogP contribution in [0.3, 0.4) is 0 Å². The zero-order valence-electron chi connectivity index (χ0n) is 23.0. The van der Waals surface area contributed by atoms with Gasteiger partial charge in [0.15, 0.2) is 0 Å². The summed E-state index contributed by atoms with van der Waals surface area (Å²) in [5, 5.41) is 0. The predicted molar refractivity (Wildman–Crippen MR) is 153 cm³/mol. The van der Waals surface area contributed by atoms with Gasteiger partial charge in [-0.2, -0.15) is 0 Å². The van der Waals surface area contributed by atoms with Gasteiger partial charge < -0.3 is 0 Å². The Morgan fingerprint density at radius 2 is 1.34 bits per heavy atom. The molecule has 0 spiro atoms. The Labute approximate surface area is 215 Å². The molecule has 0 saturated carbocycles. The maximum absolute atomic E-state index is 2.50. The highest BCUT2D eigenvalue weighted by Gasteiger charge is 2.44. The molecule has 2 aliphatic carbocycles. The fraction of sp³-hybridized carbons (Fsp3) is 0.486. The van der Waals surface area contributed by atoms with Crippen LogP contribution in [0, 0.1) is 5.92 Å². The third-order valence-corrected chi connectivity index (χ3v) is 8.96. The summed E-state index contributed by atoms with van der Waals surface area (Å²) in [5.41, 5.74) is 8.04. The summed E-state index contributed by atoms with van der Waals surface area (Å²) >= 11 is 0. The number of fused-ring (bicyclic) bond motifs is 2. The second-order valence-electron chi connectivity index (χ2n) is 11.9. The lowest BCUT2D eigenvalue weighted by molar-refractivity contribution is 0.353. The molecule has 0 heterocycles. The number of benzene rings is 2. The minimum Gasteiger partial charge on any atom is -0.0799 e. The summed E-state index contributed by atoms with van der Waals surface area (Å²) < 4.78 is 0. The lowest BCUT2D eigenvalue weighted by atomic mass is 9.74. The van der Waals surface area contributed by atoms with Gasteiger partial charge in [0.2, 0.25) is 0 Å². The molecule has 186 valence electrons. The summed E-state index contributed by atoms with van der Waals surface area (Å²) in [7, 11) is 0. The van der Waals surface area contributed by atoms with Crippen molar-refractivity contribution in [3.05, 3.63) is 107 Å². The van der Waals surface area contributed by atoms with E-state index in [0.717, 1.165) is 0 Å². The molecule has 0 fully saturated rings. The van der Waals surface area contributed by atoms with Crippen LogP contribution >= 0.6 is 0 Å². The van der Waals surface area contributed by atoms with Crippen molar-refractivity contribution >= 4 is 0 Å². The van der Waals surface area contributed by atoms with Gasteiger partial charge in [-0.05, 0) is 52.3 Å². The van der Waals surface area contributed by atoms with E-state index in [2.05, 4.69) is 120 Å². The van der Waals surface area contributed by atoms with Crippen LogP contribution in [0.15, 0.2) is 84.5 Å². The van der Waals surface area contributed by atoms with Crippen LogP contribution in [0.4, 0.5) is 0 Å². The Balaban J connectivity index is 1.57. The van der Waals surface area contributed by atoms with E-state index >= 15 is 0 Å². The number of rotatable bonds is 9. The van der Waals surface area contributed by atoms with Gasteiger partial charge in [-0.3, -0.25) is 0 Å². The molecule has 2 aliphatic rings. The predicted octanol–water partition coefficient (Wildman–Crippen LogP) is 10.2. The molecule has 0 aliphatic heterocycles. The Bertz CT molecular complexity index is 1090. The minimum absolute atomic E-state index is 0.101. The highest BCUT2D eigenvalue weighted by molar-refractivity contribution is 5.54. The van der Waals surface area contributed by atoms with Crippen molar-refractivity contribution < 1.29 is 0 Å².